The van der Waals surface area contributed by atoms with Crippen molar-refractivity contribution in [3.63, 3.8) is 0 Å². The molecule has 1 N–H and O–H groups in total. The Morgan fingerprint density at radius 2 is 1.84 bits per heavy atom. The molecule has 1 nitrogen and oxygen atoms in total. The summed E-state index contributed by atoms with van der Waals surface area (Å²) in [6, 6.07) is 7.13. The molecule has 2 aliphatic carbocycles. The molecule has 1 aromatic carbocycles. The smallest absolute Gasteiger partial charge is 0.00884 e. The van der Waals surface area contributed by atoms with Gasteiger partial charge >= 0.3 is 0 Å². The lowest BCUT2D eigenvalue weighted by atomic mass is 9.56. The number of benzene rings is 1. The molecule has 1 spiro atoms. The van der Waals surface area contributed by atoms with Gasteiger partial charge in [0.15, 0.2) is 0 Å². The third kappa shape index (κ3) is 2.33. The fourth-order valence-electron chi connectivity index (χ4n) is 3.92. The van der Waals surface area contributed by atoms with Crippen molar-refractivity contribution in [2.45, 2.75) is 58.3 Å². The molecule has 1 heteroatoms. The van der Waals surface area contributed by atoms with Gasteiger partial charge < -0.3 is 5.32 Å². The Hall–Kier alpha value is -0.820. The predicted molar refractivity (Wildman–Crippen MR) is 81.7 cm³/mol. The Morgan fingerprint density at radius 1 is 1.11 bits per heavy atom. The SMILES string of the molecule is CCCNCC1(c2ccc(C)c(C)c2)CC2(CC2)C1. The quantitative estimate of drug-likeness (QED) is 0.783. The first-order chi connectivity index (χ1) is 9.09. The van der Waals surface area contributed by atoms with Crippen molar-refractivity contribution in [2.75, 3.05) is 13.1 Å². The van der Waals surface area contributed by atoms with Gasteiger partial charge in [-0.1, -0.05) is 25.1 Å². The molecule has 0 aliphatic heterocycles. The fraction of sp³-hybridized carbons (Fsp3) is 0.667. The molecule has 2 aliphatic rings. The van der Waals surface area contributed by atoms with Crippen LogP contribution >= 0.6 is 0 Å². The van der Waals surface area contributed by atoms with Gasteiger partial charge in [-0.3, -0.25) is 0 Å². The minimum absolute atomic E-state index is 0.435. The Morgan fingerprint density at radius 3 is 2.42 bits per heavy atom. The Kier molecular flexibility index (Phi) is 3.21. The highest BCUT2D eigenvalue weighted by Gasteiger charge is 2.60. The zero-order valence-corrected chi connectivity index (χ0v) is 12.7. The van der Waals surface area contributed by atoms with E-state index in [1.54, 1.807) is 5.56 Å². The summed E-state index contributed by atoms with van der Waals surface area (Å²) in [6.45, 7) is 9.03. The normalized spacial score (nSPS) is 22.3. The van der Waals surface area contributed by atoms with Crippen molar-refractivity contribution in [3.05, 3.63) is 34.9 Å². The molecular weight excluding hydrogens is 230 g/mol. The molecule has 0 bridgehead atoms. The van der Waals surface area contributed by atoms with Crippen LogP contribution in [0.2, 0.25) is 0 Å². The molecule has 2 saturated carbocycles. The molecule has 2 fully saturated rings. The molecule has 3 rings (SSSR count). The van der Waals surface area contributed by atoms with Gasteiger partial charge in [-0.25, -0.2) is 0 Å². The highest BCUT2D eigenvalue weighted by Crippen LogP contribution is 2.68. The second-order valence-electron chi connectivity index (χ2n) is 7.11. The summed E-state index contributed by atoms with van der Waals surface area (Å²) < 4.78 is 0. The van der Waals surface area contributed by atoms with Crippen LogP contribution in [-0.4, -0.2) is 13.1 Å². The summed E-state index contributed by atoms with van der Waals surface area (Å²) in [6.07, 6.45) is 7.02. The molecule has 0 aromatic heterocycles. The summed E-state index contributed by atoms with van der Waals surface area (Å²) in [7, 11) is 0. The Bertz CT molecular complexity index is 463. The molecule has 0 atom stereocenters. The molecular formula is C18H27N. The van der Waals surface area contributed by atoms with Crippen LogP contribution < -0.4 is 5.32 Å². The largest absolute Gasteiger partial charge is 0.316 e. The third-order valence-corrected chi connectivity index (χ3v) is 5.39. The number of aryl methyl sites for hydroxylation is 2. The Labute approximate surface area is 117 Å². The van der Waals surface area contributed by atoms with Crippen molar-refractivity contribution in [1.82, 2.24) is 5.32 Å². The van der Waals surface area contributed by atoms with Crippen LogP contribution in [0.3, 0.4) is 0 Å². The van der Waals surface area contributed by atoms with E-state index in [2.05, 4.69) is 44.3 Å². The van der Waals surface area contributed by atoms with Gasteiger partial charge in [0.1, 0.15) is 0 Å². The van der Waals surface area contributed by atoms with Crippen LogP contribution in [0.5, 0.6) is 0 Å². The topological polar surface area (TPSA) is 12.0 Å². The number of hydrogen-bond acceptors (Lipinski definition) is 1. The Balaban J connectivity index is 1.80. The van der Waals surface area contributed by atoms with Crippen LogP contribution in [0.1, 0.15) is 55.7 Å². The number of hydrogen-bond donors (Lipinski definition) is 1. The average Bonchev–Trinajstić information content (AvgIpc) is 3.12. The standard InChI is InChI=1S/C18H27N/c1-4-9-19-13-18(11-17(12-18)7-8-17)16-6-5-14(2)15(3)10-16/h5-6,10,19H,4,7-9,11-13H2,1-3H3. The van der Waals surface area contributed by atoms with Crippen LogP contribution in [0.4, 0.5) is 0 Å². The maximum absolute atomic E-state index is 3.68. The minimum atomic E-state index is 0.435. The molecule has 19 heavy (non-hydrogen) atoms. The summed E-state index contributed by atoms with van der Waals surface area (Å²) in [5.41, 5.74) is 5.64. The molecule has 0 amide bonds. The van der Waals surface area contributed by atoms with Crippen LogP contribution in [0, 0.1) is 19.3 Å². The second-order valence-corrected chi connectivity index (χ2v) is 7.11. The molecule has 0 saturated heterocycles. The van der Waals surface area contributed by atoms with E-state index in [1.807, 2.05) is 0 Å². The van der Waals surface area contributed by atoms with Gasteiger partial charge in [-0.05, 0) is 74.6 Å². The summed E-state index contributed by atoms with van der Waals surface area (Å²) in [4.78, 5) is 0. The van der Waals surface area contributed by atoms with Gasteiger partial charge in [0.25, 0.3) is 0 Å². The molecule has 1 aromatic rings. The zero-order chi connectivity index (χ0) is 13.5. The minimum Gasteiger partial charge on any atom is -0.316 e. The van der Waals surface area contributed by atoms with E-state index in [4.69, 9.17) is 0 Å². The second kappa shape index (κ2) is 4.63. The zero-order valence-electron chi connectivity index (χ0n) is 12.7. The van der Waals surface area contributed by atoms with E-state index in [1.165, 1.54) is 49.8 Å². The van der Waals surface area contributed by atoms with Crippen LogP contribution in [0.25, 0.3) is 0 Å². The van der Waals surface area contributed by atoms with E-state index < -0.39 is 0 Å². The lowest BCUT2D eigenvalue weighted by Crippen LogP contribution is -2.49. The molecule has 0 heterocycles. The summed E-state index contributed by atoms with van der Waals surface area (Å²) >= 11 is 0. The lowest BCUT2D eigenvalue weighted by molar-refractivity contribution is 0.116. The fourth-order valence-corrected chi connectivity index (χ4v) is 3.92. The van der Waals surface area contributed by atoms with Crippen molar-refractivity contribution in [3.8, 4) is 0 Å². The van der Waals surface area contributed by atoms with Gasteiger partial charge in [0, 0.05) is 12.0 Å². The van der Waals surface area contributed by atoms with Crippen molar-refractivity contribution >= 4 is 0 Å². The molecule has 0 unspecified atom stereocenters. The predicted octanol–water partition coefficient (Wildman–Crippen LogP) is 4.11. The lowest BCUT2D eigenvalue weighted by Gasteiger charge is -2.50. The third-order valence-electron chi connectivity index (χ3n) is 5.39. The van der Waals surface area contributed by atoms with Crippen LogP contribution in [0.15, 0.2) is 18.2 Å². The van der Waals surface area contributed by atoms with Crippen LogP contribution in [-0.2, 0) is 5.41 Å². The highest BCUT2D eigenvalue weighted by molar-refractivity contribution is 5.39. The first-order valence-corrected chi connectivity index (χ1v) is 7.88. The van der Waals surface area contributed by atoms with Gasteiger partial charge in [0.2, 0.25) is 0 Å². The van der Waals surface area contributed by atoms with E-state index in [9.17, 15) is 0 Å². The van der Waals surface area contributed by atoms with E-state index in [0.29, 0.717) is 5.41 Å². The highest BCUT2D eigenvalue weighted by atomic mass is 14.9. The summed E-state index contributed by atoms with van der Waals surface area (Å²) in [5, 5.41) is 3.68. The van der Waals surface area contributed by atoms with Gasteiger partial charge in [-0.15, -0.1) is 0 Å². The van der Waals surface area contributed by atoms with E-state index >= 15 is 0 Å². The van der Waals surface area contributed by atoms with E-state index in [0.717, 1.165) is 12.0 Å². The van der Waals surface area contributed by atoms with Crippen molar-refractivity contribution < 1.29 is 0 Å². The monoisotopic (exact) mass is 257 g/mol. The molecule has 104 valence electrons. The maximum atomic E-state index is 3.68. The first-order valence-electron chi connectivity index (χ1n) is 7.88. The number of nitrogens with one attached hydrogen (secondary N) is 1. The average molecular weight is 257 g/mol. The summed E-state index contributed by atoms with van der Waals surface area (Å²) in [5.74, 6) is 0. The van der Waals surface area contributed by atoms with E-state index in [-0.39, 0.29) is 0 Å². The number of rotatable bonds is 5. The van der Waals surface area contributed by atoms with Gasteiger partial charge in [0.05, 0.1) is 0 Å². The molecule has 0 radical (unpaired) electrons. The maximum Gasteiger partial charge on any atom is 0.00884 e. The van der Waals surface area contributed by atoms with Crippen molar-refractivity contribution in [2.24, 2.45) is 5.41 Å². The van der Waals surface area contributed by atoms with Crippen molar-refractivity contribution in [1.29, 1.82) is 0 Å². The first kappa shape index (κ1) is 13.2. The van der Waals surface area contributed by atoms with Gasteiger partial charge in [-0.2, -0.15) is 0 Å².